The van der Waals surface area contributed by atoms with E-state index in [-0.39, 0.29) is 11.4 Å². The maximum atomic E-state index is 13.4. The highest BCUT2D eigenvalue weighted by molar-refractivity contribution is 6.01. The lowest BCUT2D eigenvalue weighted by atomic mass is 10.2. The summed E-state index contributed by atoms with van der Waals surface area (Å²) in [6.07, 6.45) is -3.38. The van der Waals surface area contributed by atoms with Crippen molar-refractivity contribution in [3.63, 3.8) is 0 Å². The second kappa shape index (κ2) is 8.69. The number of pyridine rings is 1. The molecule has 0 unspecified atom stereocenters. The maximum absolute atomic E-state index is 13.4. The SMILES string of the molecule is Cc1nc2nc(Nc3ccccc3)cnc2cc1NC(=O)Nc1ccc(F)c(C(F)(F)F)c1. The first-order chi connectivity index (χ1) is 15.7. The Hall–Kier alpha value is -4.28. The third-order valence-electron chi connectivity index (χ3n) is 4.55. The largest absolute Gasteiger partial charge is 0.419 e. The molecule has 2 aromatic carbocycles. The van der Waals surface area contributed by atoms with Gasteiger partial charge in [-0.05, 0) is 43.3 Å². The van der Waals surface area contributed by atoms with E-state index >= 15 is 0 Å². The standard InChI is InChI=1S/C22H16F4N6O/c1-12-17(31-21(33)30-14-7-8-16(23)15(9-14)22(24,25)26)10-18-20(28-12)32-19(11-27-18)29-13-5-3-2-4-6-13/h2-11H,1H3,(H,28,29,32)(H2,30,31,33). The van der Waals surface area contributed by atoms with Crippen LogP contribution in [-0.2, 0) is 6.18 Å². The molecule has 0 saturated heterocycles. The van der Waals surface area contributed by atoms with Crippen LogP contribution in [0, 0.1) is 12.7 Å². The Bertz CT molecular complexity index is 1330. The number of para-hydroxylation sites is 1. The van der Waals surface area contributed by atoms with E-state index in [4.69, 9.17) is 0 Å². The molecule has 0 atom stereocenters. The smallest absolute Gasteiger partial charge is 0.339 e. The maximum Gasteiger partial charge on any atom is 0.419 e. The van der Waals surface area contributed by atoms with Gasteiger partial charge in [-0.25, -0.2) is 24.1 Å². The normalized spacial score (nSPS) is 11.3. The average Bonchev–Trinajstić information content (AvgIpc) is 2.76. The molecule has 0 spiro atoms. The number of carbonyl (C=O) groups is 1. The monoisotopic (exact) mass is 456 g/mol. The van der Waals surface area contributed by atoms with Crippen LogP contribution in [0.5, 0.6) is 0 Å². The van der Waals surface area contributed by atoms with Crippen LogP contribution in [-0.4, -0.2) is 21.0 Å². The first-order valence-corrected chi connectivity index (χ1v) is 9.60. The predicted octanol–water partition coefficient (Wildman–Crippen LogP) is 5.88. The predicted molar refractivity (Wildman–Crippen MR) is 116 cm³/mol. The molecule has 33 heavy (non-hydrogen) atoms. The van der Waals surface area contributed by atoms with Crippen LogP contribution in [0.25, 0.3) is 11.2 Å². The molecule has 0 aliphatic carbocycles. The molecule has 0 aliphatic heterocycles. The number of alkyl halides is 3. The molecule has 7 nitrogen and oxygen atoms in total. The fraction of sp³-hybridized carbons (Fsp3) is 0.0909. The first-order valence-electron chi connectivity index (χ1n) is 9.60. The number of rotatable bonds is 4. The van der Waals surface area contributed by atoms with Crippen molar-refractivity contribution in [3.05, 3.63) is 77.9 Å². The van der Waals surface area contributed by atoms with Gasteiger partial charge in [0.15, 0.2) is 11.5 Å². The van der Waals surface area contributed by atoms with Gasteiger partial charge in [-0.2, -0.15) is 13.2 Å². The number of hydrogen-bond acceptors (Lipinski definition) is 5. The lowest BCUT2D eigenvalue weighted by molar-refractivity contribution is -0.139. The summed E-state index contributed by atoms with van der Waals surface area (Å²) in [5.74, 6) is -0.946. The van der Waals surface area contributed by atoms with Crippen molar-refractivity contribution < 1.29 is 22.4 Å². The van der Waals surface area contributed by atoms with Gasteiger partial charge in [0, 0.05) is 11.4 Å². The topological polar surface area (TPSA) is 91.8 Å². The molecule has 0 bridgehead atoms. The molecule has 168 valence electrons. The molecule has 3 N–H and O–H groups in total. The Morgan fingerprint density at radius 2 is 1.70 bits per heavy atom. The number of carbonyl (C=O) groups excluding carboxylic acids is 1. The Kier molecular flexibility index (Phi) is 5.78. The molecule has 0 radical (unpaired) electrons. The second-order valence-corrected chi connectivity index (χ2v) is 6.98. The van der Waals surface area contributed by atoms with E-state index < -0.39 is 23.6 Å². The van der Waals surface area contributed by atoms with E-state index in [2.05, 4.69) is 30.9 Å². The van der Waals surface area contributed by atoms with E-state index in [1.165, 1.54) is 6.20 Å². The molecule has 0 saturated carbocycles. The molecule has 2 heterocycles. The number of fused-ring (bicyclic) bond motifs is 1. The highest BCUT2D eigenvalue weighted by Gasteiger charge is 2.34. The van der Waals surface area contributed by atoms with Crippen LogP contribution in [0.4, 0.5) is 45.2 Å². The van der Waals surface area contributed by atoms with Crippen LogP contribution in [0.15, 0.2) is 60.8 Å². The van der Waals surface area contributed by atoms with Crippen LogP contribution in [0.2, 0.25) is 0 Å². The quantitative estimate of drug-likeness (QED) is 0.334. The molecule has 0 fully saturated rings. The zero-order valence-corrected chi connectivity index (χ0v) is 17.0. The number of nitrogens with one attached hydrogen (secondary N) is 3. The van der Waals surface area contributed by atoms with Crippen LogP contribution in [0.1, 0.15) is 11.3 Å². The van der Waals surface area contributed by atoms with E-state index in [9.17, 15) is 22.4 Å². The summed E-state index contributed by atoms with van der Waals surface area (Å²) in [6, 6.07) is 12.3. The summed E-state index contributed by atoms with van der Waals surface area (Å²) in [6.45, 7) is 1.63. The number of amides is 2. The number of aromatic nitrogens is 3. The van der Waals surface area contributed by atoms with Gasteiger partial charge in [0.05, 0.1) is 23.1 Å². The second-order valence-electron chi connectivity index (χ2n) is 6.98. The number of benzene rings is 2. The molecule has 0 aliphatic rings. The third kappa shape index (κ3) is 5.14. The first kappa shape index (κ1) is 21.9. The summed E-state index contributed by atoms with van der Waals surface area (Å²) < 4.78 is 52.0. The fourth-order valence-electron chi connectivity index (χ4n) is 2.99. The zero-order valence-electron chi connectivity index (χ0n) is 17.0. The van der Waals surface area contributed by atoms with Gasteiger partial charge in [-0.3, -0.25) is 0 Å². The Labute approximate surface area is 184 Å². The Morgan fingerprint density at radius 1 is 0.939 bits per heavy atom. The van der Waals surface area contributed by atoms with Gasteiger partial charge in [0.25, 0.3) is 0 Å². The van der Waals surface area contributed by atoms with E-state index in [1.807, 2.05) is 30.3 Å². The van der Waals surface area contributed by atoms with Gasteiger partial charge < -0.3 is 16.0 Å². The lowest BCUT2D eigenvalue weighted by Gasteiger charge is -2.13. The number of nitrogens with zero attached hydrogens (tertiary/aromatic N) is 3. The van der Waals surface area contributed by atoms with Crippen molar-refractivity contribution in [2.24, 2.45) is 0 Å². The van der Waals surface area contributed by atoms with E-state index in [1.54, 1.807) is 13.0 Å². The van der Waals surface area contributed by atoms with Crippen molar-refractivity contribution >= 4 is 40.1 Å². The highest BCUT2D eigenvalue weighted by atomic mass is 19.4. The van der Waals surface area contributed by atoms with E-state index in [0.29, 0.717) is 34.8 Å². The van der Waals surface area contributed by atoms with Gasteiger partial charge >= 0.3 is 12.2 Å². The minimum atomic E-state index is -4.88. The molecular formula is C22H16F4N6O. The van der Waals surface area contributed by atoms with Crippen LogP contribution >= 0.6 is 0 Å². The molecule has 2 aromatic heterocycles. The number of halogens is 4. The minimum Gasteiger partial charge on any atom is -0.339 e. The lowest BCUT2D eigenvalue weighted by Crippen LogP contribution is -2.21. The molecule has 4 rings (SSSR count). The number of urea groups is 1. The summed E-state index contributed by atoms with van der Waals surface area (Å²) in [4.78, 5) is 25.3. The van der Waals surface area contributed by atoms with Crippen molar-refractivity contribution in [3.8, 4) is 0 Å². The summed E-state index contributed by atoms with van der Waals surface area (Å²) in [7, 11) is 0. The van der Waals surface area contributed by atoms with Crippen molar-refractivity contribution in [2.75, 3.05) is 16.0 Å². The Morgan fingerprint density at radius 3 is 2.42 bits per heavy atom. The third-order valence-corrected chi connectivity index (χ3v) is 4.55. The van der Waals surface area contributed by atoms with Crippen molar-refractivity contribution in [2.45, 2.75) is 13.1 Å². The molecule has 11 heteroatoms. The molecular weight excluding hydrogens is 440 g/mol. The minimum absolute atomic E-state index is 0.218. The number of aryl methyl sites for hydroxylation is 1. The van der Waals surface area contributed by atoms with Crippen molar-refractivity contribution in [1.82, 2.24) is 15.0 Å². The summed E-state index contributed by atoms with van der Waals surface area (Å²) in [5, 5.41) is 7.87. The summed E-state index contributed by atoms with van der Waals surface area (Å²) >= 11 is 0. The van der Waals surface area contributed by atoms with E-state index in [0.717, 1.165) is 11.8 Å². The van der Waals surface area contributed by atoms with Crippen molar-refractivity contribution in [1.29, 1.82) is 0 Å². The fourth-order valence-corrected chi connectivity index (χ4v) is 2.99. The summed E-state index contributed by atoms with van der Waals surface area (Å²) in [5.41, 5.74) is 0.578. The van der Waals surface area contributed by atoms with Crippen LogP contribution < -0.4 is 16.0 Å². The van der Waals surface area contributed by atoms with Gasteiger partial charge in [-0.15, -0.1) is 0 Å². The number of hydrogen-bond donors (Lipinski definition) is 3. The van der Waals surface area contributed by atoms with Gasteiger partial charge in [0.1, 0.15) is 11.3 Å². The average molecular weight is 456 g/mol. The highest BCUT2D eigenvalue weighted by Crippen LogP contribution is 2.33. The van der Waals surface area contributed by atoms with Crippen LogP contribution in [0.3, 0.4) is 0 Å². The van der Waals surface area contributed by atoms with Gasteiger partial charge in [0.2, 0.25) is 0 Å². The van der Waals surface area contributed by atoms with Gasteiger partial charge in [-0.1, -0.05) is 18.2 Å². The molecule has 4 aromatic rings. The molecule has 2 amide bonds. The number of anilines is 4. The Balaban J connectivity index is 1.51. The zero-order chi connectivity index (χ0) is 23.6.